The Morgan fingerprint density at radius 1 is 1.07 bits per heavy atom. The molecule has 0 N–H and O–H groups in total. The Labute approximate surface area is 179 Å². The molecule has 1 heteroatoms. The number of allylic oxidation sites excluding steroid dienone is 4. The molecule has 1 fully saturated rings. The lowest BCUT2D eigenvalue weighted by Crippen LogP contribution is -2.17. The van der Waals surface area contributed by atoms with Crippen LogP contribution >= 0.6 is 0 Å². The van der Waals surface area contributed by atoms with Gasteiger partial charge in [-0.05, 0) is 56.1 Å². The fourth-order valence-corrected chi connectivity index (χ4v) is 3.77. The van der Waals surface area contributed by atoms with Crippen molar-refractivity contribution >= 4 is 5.78 Å². The Balaban J connectivity index is 0.00000204. The number of Topliss-reactive ketones (excluding diaryl/α,β-unsaturated/α-hetero) is 1. The van der Waals surface area contributed by atoms with Crippen LogP contribution in [0.3, 0.4) is 0 Å². The maximum atomic E-state index is 11.8. The van der Waals surface area contributed by atoms with Gasteiger partial charge in [-0.25, -0.2) is 0 Å². The zero-order chi connectivity index (χ0) is 21.4. The second-order valence-electron chi connectivity index (χ2n) is 7.72. The molecule has 0 spiro atoms. The molecule has 2 rings (SSSR count). The minimum absolute atomic E-state index is 0.155. The third-order valence-corrected chi connectivity index (χ3v) is 6.00. The molecular formula is C28H40O. The highest BCUT2D eigenvalue weighted by atomic mass is 16.1. The molecular weight excluding hydrogens is 352 g/mol. The van der Waals surface area contributed by atoms with Crippen LogP contribution in [0.15, 0.2) is 54.6 Å². The van der Waals surface area contributed by atoms with E-state index in [9.17, 15) is 4.79 Å². The summed E-state index contributed by atoms with van der Waals surface area (Å²) in [4.78, 5) is 11.8. The Hall–Kier alpha value is -2.07. The number of carbonyl (C=O) groups excluding carboxylic acids is 1. The van der Waals surface area contributed by atoms with Crippen molar-refractivity contribution in [3.8, 4) is 11.8 Å². The van der Waals surface area contributed by atoms with E-state index in [1.54, 1.807) is 0 Å². The zero-order valence-corrected chi connectivity index (χ0v) is 19.0. The Kier molecular flexibility index (Phi) is 12.8. The summed E-state index contributed by atoms with van der Waals surface area (Å²) in [5, 5.41) is 0. The smallest absolute Gasteiger partial charge is 0.139 e. The van der Waals surface area contributed by atoms with Gasteiger partial charge in [0.2, 0.25) is 0 Å². The van der Waals surface area contributed by atoms with Crippen molar-refractivity contribution in [2.24, 2.45) is 11.3 Å². The summed E-state index contributed by atoms with van der Waals surface area (Å²) in [7, 11) is 0. The standard InChI is InChI=1S/C26H34O.C2H6/c1-3-26(4-2,22-14-17-23-15-8-7-9-16-23)21-13-6-5-10-18-24-19-11-12-20-25(24)27;1-2/h5-10,15-16,18,24H,3-4,11-13,19-22H2,1-2H3;1-2H3/b6-5+,18-10+;. The van der Waals surface area contributed by atoms with Crippen molar-refractivity contribution in [2.45, 2.75) is 85.5 Å². The van der Waals surface area contributed by atoms with Crippen LogP contribution in [0.1, 0.15) is 91.0 Å². The largest absolute Gasteiger partial charge is 0.299 e. The SMILES string of the molecule is CC.CCC(CC)(CC#Cc1ccccc1)CC/C=C/C=C/C1CCCCC1=O. The molecule has 1 aromatic carbocycles. The highest BCUT2D eigenvalue weighted by Gasteiger charge is 2.24. The van der Waals surface area contributed by atoms with E-state index in [0.717, 1.165) is 56.9 Å². The van der Waals surface area contributed by atoms with Crippen LogP contribution < -0.4 is 0 Å². The van der Waals surface area contributed by atoms with E-state index in [1.807, 2.05) is 32.0 Å². The number of hydrogen-bond acceptors (Lipinski definition) is 1. The summed E-state index contributed by atoms with van der Waals surface area (Å²) in [6.45, 7) is 8.57. The van der Waals surface area contributed by atoms with E-state index >= 15 is 0 Å². The van der Waals surface area contributed by atoms with Gasteiger partial charge in [-0.15, -0.1) is 0 Å². The van der Waals surface area contributed by atoms with Gasteiger partial charge >= 0.3 is 0 Å². The van der Waals surface area contributed by atoms with Crippen LogP contribution in [-0.2, 0) is 4.79 Å². The van der Waals surface area contributed by atoms with Crippen molar-refractivity contribution in [1.29, 1.82) is 0 Å². The summed E-state index contributed by atoms with van der Waals surface area (Å²) in [5.41, 5.74) is 1.40. The number of ketones is 1. The summed E-state index contributed by atoms with van der Waals surface area (Å²) in [6.07, 6.45) is 18.1. The van der Waals surface area contributed by atoms with Gasteiger partial charge in [-0.3, -0.25) is 4.79 Å². The molecule has 29 heavy (non-hydrogen) atoms. The van der Waals surface area contributed by atoms with E-state index in [4.69, 9.17) is 0 Å². The van der Waals surface area contributed by atoms with Gasteiger partial charge in [0.25, 0.3) is 0 Å². The molecule has 1 aliphatic rings. The third-order valence-electron chi connectivity index (χ3n) is 6.00. The Morgan fingerprint density at radius 3 is 2.45 bits per heavy atom. The van der Waals surface area contributed by atoms with E-state index in [-0.39, 0.29) is 5.92 Å². The lowest BCUT2D eigenvalue weighted by molar-refractivity contribution is -0.122. The van der Waals surface area contributed by atoms with E-state index in [2.05, 4.69) is 62.1 Å². The predicted octanol–water partition coefficient (Wildman–Crippen LogP) is 7.91. The number of rotatable bonds is 8. The first kappa shape index (κ1) is 25.0. The number of hydrogen-bond donors (Lipinski definition) is 0. The molecule has 0 saturated heterocycles. The fourth-order valence-electron chi connectivity index (χ4n) is 3.77. The highest BCUT2D eigenvalue weighted by molar-refractivity contribution is 5.83. The average Bonchev–Trinajstić information content (AvgIpc) is 2.78. The van der Waals surface area contributed by atoms with Gasteiger partial charge in [-0.1, -0.05) is 88.5 Å². The second kappa shape index (κ2) is 14.9. The minimum Gasteiger partial charge on any atom is -0.299 e. The van der Waals surface area contributed by atoms with Gasteiger partial charge in [0, 0.05) is 24.3 Å². The first-order valence-corrected chi connectivity index (χ1v) is 11.6. The van der Waals surface area contributed by atoms with E-state index in [0.29, 0.717) is 11.2 Å². The molecule has 1 aliphatic carbocycles. The van der Waals surface area contributed by atoms with Crippen LogP contribution in [0.4, 0.5) is 0 Å². The van der Waals surface area contributed by atoms with Crippen molar-refractivity contribution in [1.82, 2.24) is 0 Å². The Morgan fingerprint density at radius 2 is 1.79 bits per heavy atom. The van der Waals surface area contributed by atoms with E-state index < -0.39 is 0 Å². The average molecular weight is 393 g/mol. The molecule has 1 aromatic rings. The summed E-state index contributed by atoms with van der Waals surface area (Å²) < 4.78 is 0. The molecule has 0 aliphatic heterocycles. The van der Waals surface area contributed by atoms with Crippen LogP contribution in [0.2, 0.25) is 0 Å². The molecule has 0 radical (unpaired) electrons. The first-order chi connectivity index (χ1) is 14.2. The van der Waals surface area contributed by atoms with Crippen LogP contribution in [0.5, 0.6) is 0 Å². The van der Waals surface area contributed by atoms with Gasteiger partial charge in [0.1, 0.15) is 5.78 Å². The van der Waals surface area contributed by atoms with Crippen molar-refractivity contribution in [2.75, 3.05) is 0 Å². The topological polar surface area (TPSA) is 17.1 Å². The maximum Gasteiger partial charge on any atom is 0.139 e. The van der Waals surface area contributed by atoms with Crippen molar-refractivity contribution in [3.05, 3.63) is 60.2 Å². The molecule has 0 heterocycles. The van der Waals surface area contributed by atoms with Crippen LogP contribution in [0, 0.1) is 23.2 Å². The highest BCUT2D eigenvalue weighted by Crippen LogP contribution is 2.35. The molecule has 1 saturated carbocycles. The molecule has 0 amide bonds. The van der Waals surface area contributed by atoms with Crippen LogP contribution in [-0.4, -0.2) is 5.78 Å². The zero-order valence-electron chi connectivity index (χ0n) is 19.0. The molecule has 1 atom stereocenters. The Bertz CT molecular complexity index is 680. The first-order valence-electron chi connectivity index (χ1n) is 11.6. The molecule has 0 aromatic heterocycles. The van der Waals surface area contributed by atoms with Crippen molar-refractivity contribution < 1.29 is 4.79 Å². The molecule has 0 bridgehead atoms. The minimum atomic E-state index is 0.155. The van der Waals surface area contributed by atoms with E-state index in [1.165, 1.54) is 6.42 Å². The summed E-state index contributed by atoms with van der Waals surface area (Å²) in [6, 6.07) is 10.2. The number of carbonyl (C=O) groups is 1. The monoisotopic (exact) mass is 392 g/mol. The van der Waals surface area contributed by atoms with Crippen LogP contribution in [0.25, 0.3) is 0 Å². The summed E-state index contributed by atoms with van der Waals surface area (Å²) in [5.74, 6) is 7.30. The van der Waals surface area contributed by atoms with Gasteiger partial charge < -0.3 is 0 Å². The second-order valence-corrected chi connectivity index (χ2v) is 7.72. The van der Waals surface area contributed by atoms with Gasteiger partial charge in [0.15, 0.2) is 0 Å². The maximum absolute atomic E-state index is 11.8. The lowest BCUT2D eigenvalue weighted by atomic mass is 9.75. The lowest BCUT2D eigenvalue weighted by Gasteiger charge is -2.29. The summed E-state index contributed by atoms with van der Waals surface area (Å²) >= 11 is 0. The third kappa shape index (κ3) is 9.31. The molecule has 1 nitrogen and oxygen atoms in total. The fraction of sp³-hybridized carbons (Fsp3) is 0.536. The molecule has 158 valence electrons. The van der Waals surface area contributed by atoms with Gasteiger partial charge in [-0.2, -0.15) is 0 Å². The quantitative estimate of drug-likeness (QED) is 0.324. The number of benzene rings is 1. The normalized spacial score (nSPS) is 17.0. The molecule has 1 unspecified atom stereocenters. The van der Waals surface area contributed by atoms with Gasteiger partial charge in [0.05, 0.1) is 0 Å². The van der Waals surface area contributed by atoms with Crippen molar-refractivity contribution in [3.63, 3.8) is 0 Å². The predicted molar refractivity (Wildman–Crippen MR) is 127 cm³/mol.